The van der Waals surface area contributed by atoms with Gasteiger partial charge in [-0.05, 0) is 44.4 Å². The molecule has 3 atom stereocenters. The van der Waals surface area contributed by atoms with E-state index < -0.39 is 0 Å². The van der Waals surface area contributed by atoms with Gasteiger partial charge < -0.3 is 14.8 Å². The summed E-state index contributed by atoms with van der Waals surface area (Å²) in [6.07, 6.45) is 8.71. The number of ether oxygens (including phenoxy) is 2. The number of rotatable bonds is 4. The van der Waals surface area contributed by atoms with E-state index in [9.17, 15) is 0 Å². The highest BCUT2D eigenvalue weighted by Crippen LogP contribution is 2.38. The Labute approximate surface area is 111 Å². The summed E-state index contributed by atoms with van der Waals surface area (Å²) in [5, 5.41) is 3.88. The predicted molar refractivity (Wildman–Crippen MR) is 71.7 cm³/mol. The van der Waals surface area contributed by atoms with Crippen LogP contribution < -0.4 is 5.32 Å². The number of hydrogen-bond donors (Lipinski definition) is 1. The van der Waals surface area contributed by atoms with E-state index in [0.717, 1.165) is 44.6 Å². The van der Waals surface area contributed by atoms with Gasteiger partial charge in [0.15, 0.2) is 0 Å². The topological polar surface area (TPSA) is 30.5 Å². The van der Waals surface area contributed by atoms with E-state index in [1.54, 1.807) is 0 Å². The molecule has 1 N–H and O–H groups in total. The normalized spacial score (nSPS) is 38.8. The Kier molecular flexibility index (Phi) is 3.92. The third-order valence-corrected chi connectivity index (χ3v) is 4.93. The average Bonchev–Trinajstić information content (AvgIpc) is 3.09. The highest BCUT2D eigenvalue weighted by Gasteiger charge is 2.42. The summed E-state index contributed by atoms with van der Waals surface area (Å²) >= 11 is 0. The molecule has 3 aliphatic rings. The van der Waals surface area contributed by atoms with Gasteiger partial charge >= 0.3 is 0 Å². The Balaban J connectivity index is 1.48. The second-order valence-electron chi connectivity index (χ2n) is 6.39. The Bertz CT molecular complexity index is 270. The third kappa shape index (κ3) is 2.89. The van der Waals surface area contributed by atoms with Gasteiger partial charge in [-0.25, -0.2) is 0 Å². The van der Waals surface area contributed by atoms with E-state index in [1.165, 1.54) is 32.1 Å². The fourth-order valence-corrected chi connectivity index (χ4v) is 3.71. The van der Waals surface area contributed by atoms with Gasteiger partial charge in [-0.3, -0.25) is 0 Å². The quantitative estimate of drug-likeness (QED) is 0.835. The predicted octanol–water partition coefficient (Wildman–Crippen LogP) is 2.49. The van der Waals surface area contributed by atoms with Crippen molar-refractivity contribution in [2.45, 2.75) is 69.6 Å². The molecule has 0 amide bonds. The summed E-state index contributed by atoms with van der Waals surface area (Å²) < 4.78 is 11.6. The van der Waals surface area contributed by atoms with Crippen LogP contribution in [-0.2, 0) is 9.47 Å². The molecule has 2 aliphatic heterocycles. The molecule has 0 radical (unpaired) electrons. The summed E-state index contributed by atoms with van der Waals surface area (Å²) in [4.78, 5) is 0. The van der Waals surface area contributed by atoms with Crippen molar-refractivity contribution in [1.82, 2.24) is 5.32 Å². The van der Waals surface area contributed by atoms with E-state index in [1.807, 2.05) is 0 Å². The van der Waals surface area contributed by atoms with Crippen LogP contribution in [0.15, 0.2) is 0 Å². The molecule has 3 nitrogen and oxygen atoms in total. The molecule has 3 rings (SSSR count). The molecular weight excluding hydrogens is 226 g/mol. The van der Waals surface area contributed by atoms with Crippen LogP contribution >= 0.6 is 0 Å². The van der Waals surface area contributed by atoms with Gasteiger partial charge in [-0.2, -0.15) is 0 Å². The Morgan fingerprint density at radius 1 is 1.22 bits per heavy atom. The van der Waals surface area contributed by atoms with Crippen LogP contribution in [0.1, 0.15) is 51.9 Å². The van der Waals surface area contributed by atoms with Crippen molar-refractivity contribution >= 4 is 0 Å². The molecule has 3 unspecified atom stereocenters. The second-order valence-corrected chi connectivity index (χ2v) is 6.39. The summed E-state index contributed by atoms with van der Waals surface area (Å²) in [7, 11) is 0. The maximum absolute atomic E-state index is 6.09. The van der Waals surface area contributed by atoms with E-state index in [2.05, 4.69) is 12.2 Å². The molecule has 18 heavy (non-hydrogen) atoms. The monoisotopic (exact) mass is 253 g/mol. The molecule has 104 valence electrons. The van der Waals surface area contributed by atoms with Gasteiger partial charge in [-0.15, -0.1) is 0 Å². The van der Waals surface area contributed by atoms with Crippen LogP contribution in [0.25, 0.3) is 0 Å². The lowest BCUT2D eigenvalue weighted by Gasteiger charge is -2.43. The number of hydrogen-bond acceptors (Lipinski definition) is 3. The van der Waals surface area contributed by atoms with Crippen LogP contribution in [0.2, 0.25) is 0 Å². The van der Waals surface area contributed by atoms with Crippen molar-refractivity contribution in [3.8, 4) is 0 Å². The fourth-order valence-electron chi connectivity index (χ4n) is 3.71. The minimum absolute atomic E-state index is 0.142. The van der Waals surface area contributed by atoms with E-state index in [0.29, 0.717) is 6.04 Å². The zero-order valence-electron chi connectivity index (χ0n) is 11.6. The van der Waals surface area contributed by atoms with Crippen LogP contribution in [0.3, 0.4) is 0 Å². The minimum Gasteiger partial charge on any atom is -0.381 e. The summed E-state index contributed by atoms with van der Waals surface area (Å²) in [6, 6.07) is 1.49. The van der Waals surface area contributed by atoms with Gasteiger partial charge in [0, 0.05) is 31.9 Å². The molecule has 3 fully saturated rings. The lowest BCUT2D eigenvalue weighted by Crippen LogP contribution is -2.50. The van der Waals surface area contributed by atoms with Gasteiger partial charge in [0.1, 0.15) is 0 Å². The molecule has 1 saturated carbocycles. The molecule has 0 aromatic carbocycles. The van der Waals surface area contributed by atoms with Crippen molar-refractivity contribution in [2.75, 3.05) is 19.8 Å². The maximum atomic E-state index is 6.09. The molecule has 1 spiro atoms. The van der Waals surface area contributed by atoms with Gasteiger partial charge in [0.05, 0.1) is 5.60 Å². The first-order valence-corrected chi connectivity index (χ1v) is 7.79. The number of nitrogens with one attached hydrogen (secondary N) is 1. The van der Waals surface area contributed by atoms with Crippen molar-refractivity contribution in [2.24, 2.45) is 5.92 Å². The molecular formula is C15H27NO2. The van der Waals surface area contributed by atoms with Crippen molar-refractivity contribution < 1.29 is 9.47 Å². The Hall–Kier alpha value is -0.120. The standard InChI is InChI=1S/C15H27NO2/c1-2-3-12-10-14(12)16-13-4-7-18-15(11-13)5-8-17-9-6-15/h12-14,16H,2-11H2,1H3. The van der Waals surface area contributed by atoms with Crippen LogP contribution in [0.4, 0.5) is 0 Å². The first kappa shape index (κ1) is 12.9. The first-order valence-electron chi connectivity index (χ1n) is 7.79. The Morgan fingerprint density at radius 2 is 2.06 bits per heavy atom. The molecule has 2 saturated heterocycles. The summed E-state index contributed by atoms with van der Waals surface area (Å²) in [5.74, 6) is 0.962. The minimum atomic E-state index is 0.142. The third-order valence-electron chi connectivity index (χ3n) is 4.93. The van der Waals surface area contributed by atoms with Crippen molar-refractivity contribution in [1.29, 1.82) is 0 Å². The van der Waals surface area contributed by atoms with E-state index in [4.69, 9.17) is 9.47 Å². The highest BCUT2D eigenvalue weighted by atomic mass is 16.5. The van der Waals surface area contributed by atoms with E-state index >= 15 is 0 Å². The molecule has 2 heterocycles. The van der Waals surface area contributed by atoms with Crippen LogP contribution in [-0.4, -0.2) is 37.5 Å². The average molecular weight is 253 g/mol. The van der Waals surface area contributed by atoms with Gasteiger partial charge in [-0.1, -0.05) is 13.3 Å². The lowest BCUT2D eigenvalue weighted by molar-refractivity contribution is -0.140. The molecule has 3 heteroatoms. The fraction of sp³-hybridized carbons (Fsp3) is 1.00. The zero-order chi connectivity index (χ0) is 12.4. The molecule has 0 bridgehead atoms. The Morgan fingerprint density at radius 3 is 2.83 bits per heavy atom. The molecule has 0 aromatic heterocycles. The van der Waals surface area contributed by atoms with Gasteiger partial charge in [0.25, 0.3) is 0 Å². The lowest BCUT2D eigenvalue weighted by atomic mass is 9.84. The SMILES string of the molecule is CCCC1CC1NC1CCOC2(CCOCC2)C1. The molecule has 1 aliphatic carbocycles. The molecule has 0 aromatic rings. The summed E-state index contributed by atoms with van der Waals surface area (Å²) in [5.41, 5.74) is 0.142. The zero-order valence-corrected chi connectivity index (χ0v) is 11.6. The first-order chi connectivity index (χ1) is 8.81. The maximum Gasteiger partial charge on any atom is 0.0741 e. The van der Waals surface area contributed by atoms with Crippen molar-refractivity contribution in [3.63, 3.8) is 0 Å². The van der Waals surface area contributed by atoms with Gasteiger partial charge in [0.2, 0.25) is 0 Å². The largest absolute Gasteiger partial charge is 0.381 e. The highest BCUT2D eigenvalue weighted by molar-refractivity contribution is 4.98. The van der Waals surface area contributed by atoms with Crippen LogP contribution in [0.5, 0.6) is 0 Å². The van der Waals surface area contributed by atoms with Crippen molar-refractivity contribution in [3.05, 3.63) is 0 Å². The smallest absolute Gasteiger partial charge is 0.0741 e. The summed E-state index contributed by atoms with van der Waals surface area (Å²) in [6.45, 7) is 4.99. The van der Waals surface area contributed by atoms with E-state index in [-0.39, 0.29) is 5.60 Å². The second kappa shape index (κ2) is 5.48. The van der Waals surface area contributed by atoms with Crippen LogP contribution in [0, 0.1) is 5.92 Å².